The largest absolute Gasteiger partial charge is 0.274 e. The van der Waals surface area contributed by atoms with Crippen LogP contribution in [-0.4, -0.2) is 19.6 Å². The summed E-state index contributed by atoms with van der Waals surface area (Å²) < 4.78 is 23.6. The SMILES string of the molecule is CC1C(=O)NS(=O)(=O)[C@@H]1C. The predicted octanol–water partition coefficient (Wildman–Crippen LogP) is -0.529. The summed E-state index contributed by atoms with van der Waals surface area (Å²) in [5.41, 5.74) is 0. The number of rotatable bonds is 0. The highest BCUT2D eigenvalue weighted by atomic mass is 32.2. The summed E-state index contributed by atoms with van der Waals surface area (Å²) in [6.07, 6.45) is 0. The minimum absolute atomic E-state index is 0.396. The van der Waals surface area contributed by atoms with E-state index in [4.69, 9.17) is 0 Å². The molecule has 1 heterocycles. The van der Waals surface area contributed by atoms with Crippen LogP contribution in [0, 0.1) is 5.92 Å². The average molecular weight is 163 g/mol. The van der Waals surface area contributed by atoms with Crippen LogP contribution in [0.15, 0.2) is 0 Å². The maximum atomic E-state index is 10.9. The van der Waals surface area contributed by atoms with Crippen LogP contribution >= 0.6 is 0 Å². The van der Waals surface area contributed by atoms with E-state index in [-0.39, 0.29) is 0 Å². The molecule has 10 heavy (non-hydrogen) atoms. The maximum Gasteiger partial charge on any atom is 0.238 e. The first kappa shape index (κ1) is 7.53. The van der Waals surface area contributed by atoms with Gasteiger partial charge in [0.25, 0.3) is 0 Å². The first-order chi connectivity index (χ1) is 4.45. The Labute approximate surface area is 59.7 Å². The number of sulfonamides is 1. The van der Waals surface area contributed by atoms with Crippen LogP contribution in [0.25, 0.3) is 0 Å². The molecular formula is C5H9NO3S. The second-order valence-electron chi connectivity index (χ2n) is 2.51. The van der Waals surface area contributed by atoms with Gasteiger partial charge in [-0.25, -0.2) is 8.42 Å². The summed E-state index contributed by atoms with van der Waals surface area (Å²) in [6, 6.07) is 0. The second-order valence-corrected chi connectivity index (χ2v) is 4.54. The smallest absolute Gasteiger partial charge is 0.238 e. The topological polar surface area (TPSA) is 63.2 Å². The zero-order valence-corrected chi connectivity index (χ0v) is 6.60. The molecule has 2 atom stereocenters. The molecule has 0 saturated carbocycles. The Morgan fingerprint density at radius 3 is 2.00 bits per heavy atom. The van der Waals surface area contributed by atoms with E-state index >= 15 is 0 Å². The minimum Gasteiger partial charge on any atom is -0.274 e. The molecule has 1 unspecified atom stereocenters. The highest BCUT2D eigenvalue weighted by Crippen LogP contribution is 2.18. The molecule has 5 heteroatoms. The normalized spacial score (nSPS) is 37.6. The molecule has 1 fully saturated rings. The van der Waals surface area contributed by atoms with E-state index in [9.17, 15) is 13.2 Å². The zero-order chi connectivity index (χ0) is 7.94. The molecule has 1 aliphatic heterocycles. The molecule has 0 radical (unpaired) electrons. The Morgan fingerprint density at radius 2 is 1.90 bits per heavy atom. The number of nitrogens with one attached hydrogen (secondary N) is 1. The molecule has 0 bridgehead atoms. The fourth-order valence-corrected chi connectivity index (χ4v) is 2.12. The monoisotopic (exact) mass is 163 g/mol. The summed E-state index contributed by atoms with van der Waals surface area (Å²) >= 11 is 0. The highest BCUT2D eigenvalue weighted by Gasteiger charge is 2.39. The van der Waals surface area contributed by atoms with Gasteiger partial charge in [0.1, 0.15) is 0 Å². The Balaban J connectivity index is 3.04. The van der Waals surface area contributed by atoms with Crippen LogP contribution in [-0.2, 0) is 14.8 Å². The van der Waals surface area contributed by atoms with Crippen molar-refractivity contribution in [3.63, 3.8) is 0 Å². The highest BCUT2D eigenvalue weighted by molar-refractivity contribution is 7.91. The third-order valence-electron chi connectivity index (χ3n) is 1.85. The second kappa shape index (κ2) is 1.95. The molecule has 0 aliphatic carbocycles. The Hall–Kier alpha value is -0.580. The van der Waals surface area contributed by atoms with Crippen molar-refractivity contribution in [3.8, 4) is 0 Å². The predicted molar refractivity (Wildman–Crippen MR) is 35.7 cm³/mol. The van der Waals surface area contributed by atoms with Crippen LogP contribution in [0.5, 0.6) is 0 Å². The van der Waals surface area contributed by atoms with E-state index in [2.05, 4.69) is 0 Å². The molecule has 0 aromatic carbocycles. The molecule has 0 spiro atoms. The quantitative estimate of drug-likeness (QED) is 0.522. The van der Waals surface area contributed by atoms with Crippen molar-refractivity contribution in [2.45, 2.75) is 19.1 Å². The van der Waals surface area contributed by atoms with Crippen LogP contribution in [0.1, 0.15) is 13.8 Å². The van der Waals surface area contributed by atoms with Crippen LogP contribution in [0.3, 0.4) is 0 Å². The number of hydrogen-bond donors (Lipinski definition) is 1. The van der Waals surface area contributed by atoms with Gasteiger partial charge in [-0.1, -0.05) is 6.92 Å². The maximum absolute atomic E-state index is 10.9. The van der Waals surface area contributed by atoms with Gasteiger partial charge in [-0.15, -0.1) is 0 Å². The lowest BCUT2D eigenvalue weighted by atomic mass is 10.1. The number of carbonyl (C=O) groups is 1. The number of hydrogen-bond acceptors (Lipinski definition) is 3. The summed E-state index contributed by atoms with van der Waals surface area (Å²) in [6.45, 7) is 3.13. The first-order valence-corrected chi connectivity index (χ1v) is 4.55. The zero-order valence-electron chi connectivity index (χ0n) is 5.79. The number of carbonyl (C=O) groups excluding carboxylic acids is 1. The Bertz CT molecular complexity index is 256. The van der Waals surface area contributed by atoms with Crippen molar-refractivity contribution in [2.75, 3.05) is 0 Å². The standard InChI is InChI=1S/C5H9NO3S/c1-3-4(2)10(8,9)6-5(3)7/h3-4H,1-2H3,(H,6,7)/t3?,4-/m1/s1. The third-order valence-corrected chi connectivity index (χ3v) is 3.72. The molecular weight excluding hydrogens is 154 g/mol. The van der Waals surface area contributed by atoms with E-state index in [1.807, 2.05) is 4.72 Å². The van der Waals surface area contributed by atoms with Gasteiger partial charge in [-0.3, -0.25) is 9.52 Å². The van der Waals surface area contributed by atoms with Crippen molar-refractivity contribution >= 4 is 15.9 Å². The third kappa shape index (κ3) is 0.901. The lowest BCUT2D eigenvalue weighted by Gasteiger charge is -2.00. The molecule has 1 aliphatic rings. The van der Waals surface area contributed by atoms with Crippen LogP contribution in [0.2, 0.25) is 0 Å². The van der Waals surface area contributed by atoms with Crippen molar-refractivity contribution in [1.29, 1.82) is 0 Å². The fourth-order valence-electron chi connectivity index (χ4n) is 0.808. The van der Waals surface area contributed by atoms with E-state index in [0.29, 0.717) is 0 Å². The first-order valence-electron chi connectivity index (χ1n) is 3.00. The van der Waals surface area contributed by atoms with Gasteiger partial charge in [0.2, 0.25) is 15.9 Å². The summed E-state index contributed by atoms with van der Waals surface area (Å²) in [5, 5.41) is -0.583. The summed E-state index contributed by atoms with van der Waals surface area (Å²) in [5.74, 6) is -0.808. The van der Waals surface area contributed by atoms with Gasteiger partial charge in [-0.2, -0.15) is 0 Å². The van der Waals surface area contributed by atoms with E-state index < -0.39 is 27.1 Å². The molecule has 1 saturated heterocycles. The van der Waals surface area contributed by atoms with Crippen molar-refractivity contribution in [1.82, 2.24) is 4.72 Å². The lowest BCUT2D eigenvalue weighted by molar-refractivity contribution is -0.121. The minimum atomic E-state index is -3.32. The fraction of sp³-hybridized carbons (Fsp3) is 0.800. The van der Waals surface area contributed by atoms with Crippen LogP contribution in [0.4, 0.5) is 0 Å². The molecule has 4 nitrogen and oxygen atoms in total. The van der Waals surface area contributed by atoms with Crippen molar-refractivity contribution in [2.24, 2.45) is 5.92 Å². The van der Waals surface area contributed by atoms with Gasteiger partial charge in [0, 0.05) is 0 Å². The van der Waals surface area contributed by atoms with Crippen molar-refractivity contribution in [3.05, 3.63) is 0 Å². The molecule has 1 rings (SSSR count). The van der Waals surface area contributed by atoms with Gasteiger partial charge in [0.15, 0.2) is 0 Å². The molecule has 1 N–H and O–H groups in total. The Morgan fingerprint density at radius 1 is 1.40 bits per heavy atom. The van der Waals surface area contributed by atoms with E-state index in [1.165, 1.54) is 6.92 Å². The van der Waals surface area contributed by atoms with Gasteiger partial charge in [0.05, 0.1) is 11.2 Å². The Kier molecular flexibility index (Phi) is 1.47. The van der Waals surface area contributed by atoms with E-state index in [1.54, 1.807) is 6.92 Å². The van der Waals surface area contributed by atoms with Crippen molar-refractivity contribution < 1.29 is 13.2 Å². The van der Waals surface area contributed by atoms with Gasteiger partial charge in [-0.05, 0) is 6.92 Å². The molecule has 0 aromatic heterocycles. The van der Waals surface area contributed by atoms with Gasteiger partial charge >= 0.3 is 0 Å². The van der Waals surface area contributed by atoms with Crippen LogP contribution < -0.4 is 4.72 Å². The lowest BCUT2D eigenvalue weighted by Crippen LogP contribution is -2.23. The average Bonchev–Trinajstić information content (AvgIpc) is 1.95. The molecule has 0 aromatic rings. The molecule has 58 valence electrons. The van der Waals surface area contributed by atoms with Gasteiger partial charge < -0.3 is 0 Å². The summed E-state index contributed by atoms with van der Waals surface area (Å²) in [7, 11) is -3.32. The van der Waals surface area contributed by atoms with E-state index in [0.717, 1.165) is 0 Å². The molecule has 1 amide bonds. The number of amides is 1. The summed E-state index contributed by atoms with van der Waals surface area (Å²) in [4.78, 5) is 10.7.